The summed E-state index contributed by atoms with van der Waals surface area (Å²) < 4.78 is 38.3. The van der Waals surface area contributed by atoms with E-state index in [1.807, 2.05) is 35.2 Å². The van der Waals surface area contributed by atoms with Crippen LogP contribution in [-0.2, 0) is 48.7 Å². The molecule has 0 spiro atoms. The molecule has 32 heavy (non-hydrogen) atoms. The van der Waals surface area contributed by atoms with Crippen LogP contribution in [0.4, 0.5) is 0 Å². The van der Waals surface area contributed by atoms with Crippen molar-refractivity contribution >= 4 is 22.0 Å². The van der Waals surface area contributed by atoms with Gasteiger partial charge in [-0.2, -0.15) is 4.31 Å². The minimum atomic E-state index is -3.79. The Morgan fingerprint density at radius 1 is 1.19 bits per heavy atom. The number of rotatable bonds is 8. The first-order chi connectivity index (χ1) is 15.3. The zero-order valence-corrected chi connectivity index (χ0v) is 18.9. The molecule has 0 amide bonds. The fourth-order valence-corrected chi connectivity index (χ4v) is 5.08. The number of hydrogen-bond donors (Lipinski definition) is 0. The Bertz CT molecular complexity index is 1030. The number of methoxy groups -OCH3 is 1. The Morgan fingerprint density at radius 2 is 1.94 bits per heavy atom. The Hall–Kier alpha value is -2.83. The van der Waals surface area contributed by atoms with Gasteiger partial charge in [0.25, 0.3) is 0 Å². The van der Waals surface area contributed by atoms with Crippen LogP contribution in [0, 0.1) is 0 Å². The molecule has 174 valence electrons. The molecule has 11 nitrogen and oxygen atoms in total. The lowest BCUT2D eigenvalue weighted by atomic mass is 10.2. The highest BCUT2D eigenvalue weighted by Crippen LogP contribution is 2.20. The van der Waals surface area contributed by atoms with Gasteiger partial charge >= 0.3 is 11.9 Å². The fraction of sp³-hybridized carbons (Fsp3) is 0.500. The summed E-state index contributed by atoms with van der Waals surface area (Å²) in [6, 6.07) is 8.59. The van der Waals surface area contributed by atoms with E-state index in [0.29, 0.717) is 12.2 Å². The predicted octanol–water partition coefficient (Wildman–Crippen LogP) is 0.0304. The minimum absolute atomic E-state index is 0.140. The highest BCUT2D eigenvalue weighted by Gasteiger charge is 2.40. The number of sulfonamides is 1. The standard InChI is InChI=1S/C20H27N5O6S/c1-3-31-19(26)15-24-12-17(21-22-24)13-25-18(20(27)30-2)14-23(9-10-32(25,28)29)11-16-7-5-4-6-8-16/h4-8,12,18H,3,9-11,13-15H2,1-2H3. The highest BCUT2D eigenvalue weighted by atomic mass is 32.2. The molecule has 0 bridgehead atoms. The third-order valence-electron chi connectivity index (χ3n) is 5.02. The molecule has 1 fully saturated rings. The lowest BCUT2D eigenvalue weighted by Crippen LogP contribution is -2.48. The van der Waals surface area contributed by atoms with Gasteiger partial charge in [-0.1, -0.05) is 35.5 Å². The fourth-order valence-electron chi connectivity index (χ4n) is 3.49. The van der Waals surface area contributed by atoms with E-state index in [1.54, 1.807) is 6.92 Å². The molecule has 3 rings (SSSR count). The molecular weight excluding hydrogens is 438 g/mol. The molecule has 1 aliphatic heterocycles. The first-order valence-corrected chi connectivity index (χ1v) is 11.8. The summed E-state index contributed by atoms with van der Waals surface area (Å²) in [6.07, 6.45) is 1.47. The van der Waals surface area contributed by atoms with Crippen molar-refractivity contribution < 1.29 is 27.5 Å². The molecule has 0 aliphatic carbocycles. The first-order valence-electron chi connectivity index (χ1n) is 10.2. The lowest BCUT2D eigenvalue weighted by Gasteiger charge is -2.28. The van der Waals surface area contributed by atoms with E-state index in [0.717, 1.165) is 9.87 Å². The van der Waals surface area contributed by atoms with Crippen molar-refractivity contribution in [3.05, 3.63) is 47.8 Å². The second kappa shape index (κ2) is 10.7. The van der Waals surface area contributed by atoms with E-state index in [-0.39, 0.29) is 38.5 Å². The van der Waals surface area contributed by atoms with Gasteiger partial charge in [0, 0.05) is 19.6 Å². The maximum absolute atomic E-state index is 13.1. The van der Waals surface area contributed by atoms with Crippen LogP contribution < -0.4 is 0 Å². The molecule has 2 heterocycles. The molecule has 2 aromatic rings. The van der Waals surface area contributed by atoms with E-state index in [2.05, 4.69) is 10.3 Å². The van der Waals surface area contributed by atoms with Crippen LogP contribution in [-0.4, -0.2) is 83.2 Å². The Morgan fingerprint density at radius 3 is 2.62 bits per heavy atom. The normalized spacial score (nSPS) is 19.2. The Kier molecular flexibility index (Phi) is 7.94. The lowest BCUT2D eigenvalue weighted by molar-refractivity contribution is -0.146. The topological polar surface area (TPSA) is 124 Å². The van der Waals surface area contributed by atoms with Gasteiger partial charge in [0.2, 0.25) is 10.0 Å². The van der Waals surface area contributed by atoms with E-state index < -0.39 is 28.0 Å². The molecule has 12 heteroatoms. The molecule has 0 radical (unpaired) electrons. The van der Waals surface area contributed by atoms with Gasteiger partial charge in [-0.05, 0) is 12.5 Å². The molecule has 1 aromatic carbocycles. The van der Waals surface area contributed by atoms with E-state index in [1.165, 1.54) is 18.0 Å². The second-order valence-corrected chi connectivity index (χ2v) is 9.37. The van der Waals surface area contributed by atoms with Crippen LogP contribution >= 0.6 is 0 Å². The number of aromatic nitrogens is 3. The molecule has 0 N–H and O–H groups in total. The molecule has 1 aromatic heterocycles. The van der Waals surface area contributed by atoms with Gasteiger partial charge < -0.3 is 9.47 Å². The molecule has 1 atom stereocenters. The summed E-state index contributed by atoms with van der Waals surface area (Å²) in [5.74, 6) is -1.27. The van der Waals surface area contributed by atoms with E-state index in [4.69, 9.17) is 9.47 Å². The van der Waals surface area contributed by atoms with Gasteiger partial charge in [-0.15, -0.1) is 5.10 Å². The zero-order chi connectivity index (χ0) is 23.1. The van der Waals surface area contributed by atoms with Crippen molar-refractivity contribution in [3.8, 4) is 0 Å². The number of esters is 2. The van der Waals surface area contributed by atoms with Crippen molar-refractivity contribution in [2.45, 2.75) is 32.6 Å². The third kappa shape index (κ3) is 6.11. The number of nitrogens with zero attached hydrogens (tertiary/aromatic N) is 5. The minimum Gasteiger partial charge on any atom is -0.468 e. The van der Waals surface area contributed by atoms with Crippen LogP contribution in [0.5, 0.6) is 0 Å². The van der Waals surface area contributed by atoms with E-state index >= 15 is 0 Å². The predicted molar refractivity (Wildman–Crippen MR) is 114 cm³/mol. The summed E-state index contributed by atoms with van der Waals surface area (Å²) in [7, 11) is -2.56. The maximum atomic E-state index is 13.1. The largest absolute Gasteiger partial charge is 0.468 e. The van der Waals surface area contributed by atoms with Crippen LogP contribution in [0.3, 0.4) is 0 Å². The van der Waals surface area contributed by atoms with Crippen molar-refractivity contribution in [1.29, 1.82) is 0 Å². The molecular formula is C20H27N5O6S. The summed E-state index contributed by atoms with van der Waals surface area (Å²) >= 11 is 0. The van der Waals surface area contributed by atoms with Crippen LogP contribution in [0.15, 0.2) is 36.5 Å². The van der Waals surface area contributed by atoms with Crippen molar-refractivity contribution in [2.24, 2.45) is 0 Å². The van der Waals surface area contributed by atoms with Gasteiger partial charge in [0.05, 0.1) is 37.9 Å². The maximum Gasteiger partial charge on any atom is 0.327 e. The monoisotopic (exact) mass is 465 g/mol. The van der Waals surface area contributed by atoms with Gasteiger partial charge in [0.15, 0.2) is 0 Å². The summed E-state index contributed by atoms with van der Waals surface area (Å²) in [5.41, 5.74) is 1.33. The zero-order valence-electron chi connectivity index (χ0n) is 18.1. The first kappa shape index (κ1) is 23.8. The molecule has 0 saturated carbocycles. The van der Waals surface area contributed by atoms with Crippen molar-refractivity contribution in [2.75, 3.05) is 32.6 Å². The van der Waals surface area contributed by atoms with Crippen LogP contribution in [0.1, 0.15) is 18.2 Å². The number of hydrogen-bond acceptors (Lipinski definition) is 9. The summed E-state index contributed by atoms with van der Waals surface area (Å²) in [5, 5.41) is 7.81. The molecule has 1 unspecified atom stereocenters. The number of carbonyl (C=O) groups is 2. The Labute approximate surface area is 186 Å². The van der Waals surface area contributed by atoms with Crippen LogP contribution in [0.2, 0.25) is 0 Å². The summed E-state index contributed by atoms with van der Waals surface area (Å²) in [4.78, 5) is 26.1. The average Bonchev–Trinajstić information content (AvgIpc) is 3.16. The van der Waals surface area contributed by atoms with Gasteiger partial charge in [0.1, 0.15) is 12.6 Å². The second-order valence-electron chi connectivity index (χ2n) is 7.33. The molecule has 1 aliphatic rings. The third-order valence-corrected chi connectivity index (χ3v) is 6.82. The number of ether oxygens (including phenoxy) is 2. The van der Waals surface area contributed by atoms with Crippen molar-refractivity contribution in [1.82, 2.24) is 24.2 Å². The van der Waals surface area contributed by atoms with Crippen molar-refractivity contribution in [3.63, 3.8) is 0 Å². The van der Waals surface area contributed by atoms with Gasteiger partial charge in [-0.3, -0.25) is 14.5 Å². The van der Waals surface area contributed by atoms with Gasteiger partial charge in [-0.25, -0.2) is 13.1 Å². The summed E-state index contributed by atoms with van der Waals surface area (Å²) in [6.45, 7) is 2.60. The molecule has 1 saturated heterocycles. The average molecular weight is 466 g/mol. The smallest absolute Gasteiger partial charge is 0.327 e. The number of carbonyl (C=O) groups excluding carboxylic acids is 2. The highest BCUT2D eigenvalue weighted by molar-refractivity contribution is 7.89. The Balaban J connectivity index is 1.80. The van der Waals surface area contributed by atoms with E-state index in [9.17, 15) is 18.0 Å². The van der Waals surface area contributed by atoms with Crippen LogP contribution in [0.25, 0.3) is 0 Å². The SMILES string of the molecule is CCOC(=O)Cn1cc(CN2C(C(=O)OC)CN(Cc3ccccc3)CCS2(=O)=O)nn1. The number of benzene rings is 1. The quantitative estimate of drug-likeness (QED) is 0.497.